The third-order valence-electron chi connectivity index (χ3n) is 3.59. The molecule has 16 heavy (non-hydrogen) atoms. The van der Waals surface area contributed by atoms with Crippen molar-refractivity contribution in [2.24, 2.45) is 0 Å². The van der Waals surface area contributed by atoms with Gasteiger partial charge in [-0.05, 0) is 25.2 Å². The largest absolute Gasteiger partial charge is 0.356 e. The molecule has 0 unspecified atom stereocenters. The molecular weight excluding hydrogens is 198 g/mol. The standard InChI is InChI=1S/C13H19N3/c1-9(2)11-12(10-4-5-10)14-8-15-13(11)16-6-3-7-16/h8-10H,3-7H2,1-2H3. The zero-order valence-electron chi connectivity index (χ0n) is 10.1. The van der Waals surface area contributed by atoms with Crippen molar-refractivity contribution in [2.45, 2.75) is 44.9 Å². The second-order valence-electron chi connectivity index (χ2n) is 5.27. The van der Waals surface area contributed by atoms with Gasteiger partial charge in [0.25, 0.3) is 0 Å². The first-order valence-corrected chi connectivity index (χ1v) is 6.37. The van der Waals surface area contributed by atoms with Gasteiger partial charge < -0.3 is 4.90 Å². The van der Waals surface area contributed by atoms with Crippen LogP contribution in [0.25, 0.3) is 0 Å². The number of hydrogen-bond donors (Lipinski definition) is 0. The summed E-state index contributed by atoms with van der Waals surface area (Å²) in [5, 5.41) is 0. The van der Waals surface area contributed by atoms with E-state index in [0.717, 1.165) is 5.92 Å². The molecule has 0 spiro atoms. The highest BCUT2D eigenvalue weighted by atomic mass is 15.2. The molecule has 1 aliphatic carbocycles. The fraction of sp³-hybridized carbons (Fsp3) is 0.692. The molecule has 3 rings (SSSR count). The van der Waals surface area contributed by atoms with Crippen LogP contribution in [0.1, 0.15) is 56.2 Å². The minimum Gasteiger partial charge on any atom is -0.356 e. The molecule has 3 nitrogen and oxygen atoms in total. The van der Waals surface area contributed by atoms with Crippen LogP contribution in [0.5, 0.6) is 0 Å². The molecule has 1 saturated carbocycles. The molecule has 2 aliphatic rings. The second kappa shape index (κ2) is 3.72. The molecule has 2 heterocycles. The van der Waals surface area contributed by atoms with Gasteiger partial charge >= 0.3 is 0 Å². The number of nitrogens with zero attached hydrogens (tertiary/aromatic N) is 3. The van der Waals surface area contributed by atoms with E-state index in [2.05, 4.69) is 28.7 Å². The lowest BCUT2D eigenvalue weighted by Crippen LogP contribution is -2.38. The first-order valence-electron chi connectivity index (χ1n) is 6.37. The summed E-state index contributed by atoms with van der Waals surface area (Å²) in [6, 6.07) is 0. The maximum atomic E-state index is 4.53. The molecule has 2 fully saturated rings. The molecule has 0 aromatic carbocycles. The number of hydrogen-bond acceptors (Lipinski definition) is 3. The maximum absolute atomic E-state index is 4.53. The van der Waals surface area contributed by atoms with Gasteiger partial charge in [0.2, 0.25) is 0 Å². The summed E-state index contributed by atoms with van der Waals surface area (Å²) in [5.74, 6) is 2.46. The summed E-state index contributed by atoms with van der Waals surface area (Å²) in [4.78, 5) is 11.4. The van der Waals surface area contributed by atoms with E-state index < -0.39 is 0 Å². The van der Waals surface area contributed by atoms with Crippen molar-refractivity contribution in [3.05, 3.63) is 17.6 Å². The van der Waals surface area contributed by atoms with Crippen molar-refractivity contribution in [2.75, 3.05) is 18.0 Å². The molecule has 1 saturated heterocycles. The van der Waals surface area contributed by atoms with Crippen LogP contribution in [0.2, 0.25) is 0 Å². The zero-order chi connectivity index (χ0) is 11.1. The molecule has 0 bridgehead atoms. The number of aromatic nitrogens is 2. The molecule has 1 aromatic rings. The van der Waals surface area contributed by atoms with Crippen LogP contribution < -0.4 is 4.90 Å². The van der Waals surface area contributed by atoms with Crippen molar-refractivity contribution in [1.29, 1.82) is 0 Å². The van der Waals surface area contributed by atoms with Gasteiger partial charge in [-0.15, -0.1) is 0 Å². The Morgan fingerprint density at radius 1 is 1.25 bits per heavy atom. The Morgan fingerprint density at radius 2 is 2.00 bits per heavy atom. The average molecular weight is 217 g/mol. The highest BCUT2D eigenvalue weighted by Gasteiger charge is 2.31. The summed E-state index contributed by atoms with van der Waals surface area (Å²) in [5.41, 5.74) is 2.73. The Morgan fingerprint density at radius 3 is 2.50 bits per heavy atom. The first kappa shape index (κ1) is 10.1. The molecule has 1 aliphatic heterocycles. The molecule has 0 atom stereocenters. The lowest BCUT2D eigenvalue weighted by Gasteiger charge is -2.34. The van der Waals surface area contributed by atoms with Crippen molar-refractivity contribution in [1.82, 2.24) is 9.97 Å². The van der Waals surface area contributed by atoms with E-state index in [-0.39, 0.29) is 0 Å². The zero-order valence-corrected chi connectivity index (χ0v) is 10.1. The summed E-state index contributed by atoms with van der Waals surface area (Å²) in [7, 11) is 0. The second-order valence-corrected chi connectivity index (χ2v) is 5.27. The molecule has 3 heteroatoms. The molecule has 86 valence electrons. The topological polar surface area (TPSA) is 29.0 Å². The quantitative estimate of drug-likeness (QED) is 0.779. The van der Waals surface area contributed by atoms with Crippen LogP contribution in [0.4, 0.5) is 5.82 Å². The Labute approximate surface area is 96.9 Å². The van der Waals surface area contributed by atoms with Gasteiger partial charge in [-0.2, -0.15) is 0 Å². The highest BCUT2D eigenvalue weighted by Crippen LogP contribution is 2.44. The SMILES string of the molecule is CC(C)c1c(C2CC2)ncnc1N1CCC1. The van der Waals surface area contributed by atoms with Gasteiger partial charge in [0.1, 0.15) is 12.1 Å². The van der Waals surface area contributed by atoms with Crippen LogP contribution in [-0.4, -0.2) is 23.1 Å². The lowest BCUT2D eigenvalue weighted by atomic mass is 9.98. The average Bonchev–Trinajstić information content (AvgIpc) is 2.97. The van der Waals surface area contributed by atoms with Gasteiger partial charge in [0.15, 0.2) is 0 Å². The summed E-state index contributed by atoms with van der Waals surface area (Å²) in [6.45, 7) is 6.85. The van der Waals surface area contributed by atoms with Gasteiger partial charge in [-0.3, -0.25) is 0 Å². The predicted molar refractivity (Wildman–Crippen MR) is 64.9 cm³/mol. The molecule has 0 radical (unpaired) electrons. The van der Waals surface area contributed by atoms with E-state index in [1.807, 2.05) is 0 Å². The molecule has 0 amide bonds. The highest BCUT2D eigenvalue weighted by molar-refractivity contribution is 5.53. The van der Waals surface area contributed by atoms with Gasteiger partial charge in [0, 0.05) is 24.6 Å². The van der Waals surface area contributed by atoms with E-state index in [4.69, 9.17) is 0 Å². The first-order chi connectivity index (χ1) is 7.77. The normalized spacial score (nSPS) is 20.1. The van der Waals surface area contributed by atoms with Crippen LogP contribution in [-0.2, 0) is 0 Å². The fourth-order valence-electron chi connectivity index (χ4n) is 2.42. The van der Waals surface area contributed by atoms with E-state index in [9.17, 15) is 0 Å². The third-order valence-corrected chi connectivity index (χ3v) is 3.59. The summed E-state index contributed by atoms with van der Waals surface area (Å²) < 4.78 is 0. The summed E-state index contributed by atoms with van der Waals surface area (Å²) in [6.07, 6.45) is 5.69. The van der Waals surface area contributed by atoms with Crippen molar-refractivity contribution < 1.29 is 0 Å². The Kier molecular flexibility index (Phi) is 2.34. The third kappa shape index (κ3) is 1.58. The van der Waals surface area contributed by atoms with Crippen molar-refractivity contribution in [3.63, 3.8) is 0 Å². The Bertz CT molecular complexity index is 392. The monoisotopic (exact) mass is 217 g/mol. The fourth-order valence-corrected chi connectivity index (χ4v) is 2.42. The minimum atomic E-state index is 0.535. The van der Waals surface area contributed by atoms with Crippen LogP contribution >= 0.6 is 0 Å². The Hall–Kier alpha value is -1.12. The van der Waals surface area contributed by atoms with E-state index in [0.29, 0.717) is 5.92 Å². The summed E-state index contributed by atoms with van der Waals surface area (Å²) >= 11 is 0. The van der Waals surface area contributed by atoms with Crippen LogP contribution in [0, 0.1) is 0 Å². The van der Waals surface area contributed by atoms with E-state index >= 15 is 0 Å². The Balaban J connectivity index is 2.04. The van der Waals surface area contributed by atoms with E-state index in [1.165, 1.54) is 49.4 Å². The van der Waals surface area contributed by atoms with Gasteiger partial charge in [0.05, 0.1) is 5.69 Å². The van der Waals surface area contributed by atoms with Gasteiger partial charge in [-0.25, -0.2) is 9.97 Å². The predicted octanol–water partition coefficient (Wildman–Crippen LogP) is 2.69. The number of anilines is 1. The van der Waals surface area contributed by atoms with Crippen LogP contribution in [0.3, 0.4) is 0 Å². The van der Waals surface area contributed by atoms with Gasteiger partial charge in [-0.1, -0.05) is 13.8 Å². The number of rotatable bonds is 3. The maximum Gasteiger partial charge on any atom is 0.135 e. The van der Waals surface area contributed by atoms with E-state index in [1.54, 1.807) is 6.33 Å². The van der Waals surface area contributed by atoms with Crippen molar-refractivity contribution >= 4 is 5.82 Å². The minimum absolute atomic E-state index is 0.535. The smallest absolute Gasteiger partial charge is 0.135 e. The molecular formula is C13H19N3. The molecule has 0 N–H and O–H groups in total. The lowest BCUT2D eigenvalue weighted by molar-refractivity contribution is 0.600. The van der Waals surface area contributed by atoms with Crippen LogP contribution in [0.15, 0.2) is 6.33 Å². The molecule has 1 aromatic heterocycles. The van der Waals surface area contributed by atoms with Crippen molar-refractivity contribution in [3.8, 4) is 0 Å².